The van der Waals surface area contributed by atoms with E-state index in [2.05, 4.69) is 10.3 Å². The fourth-order valence-corrected chi connectivity index (χ4v) is 2.96. The molecule has 0 aliphatic rings. The van der Waals surface area contributed by atoms with E-state index in [1.807, 2.05) is 0 Å². The second-order valence-electron chi connectivity index (χ2n) is 6.18. The summed E-state index contributed by atoms with van der Waals surface area (Å²) >= 11 is 0. The molecule has 3 rings (SSSR count). The van der Waals surface area contributed by atoms with Crippen molar-refractivity contribution >= 4 is 11.6 Å². The molecule has 0 fully saturated rings. The van der Waals surface area contributed by atoms with E-state index in [-0.39, 0.29) is 29.0 Å². The van der Waals surface area contributed by atoms with Gasteiger partial charge in [0, 0.05) is 19.5 Å². The van der Waals surface area contributed by atoms with Crippen LogP contribution in [-0.4, -0.2) is 22.3 Å². The molecule has 146 valence electrons. The Morgan fingerprint density at radius 1 is 1.21 bits per heavy atom. The first-order valence-electron chi connectivity index (χ1n) is 8.22. The molecule has 1 N–H and O–H groups in total. The molecule has 3 aromatic rings. The number of aryl methyl sites for hydroxylation is 1. The Morgan fingerprint density at radius 2 is 1.93 bits per heavy atom. The average molecular weight is 393 g/mol. The van der Waals surface area contributed by atoms with Gasteiger partial charge in [0.05, 0.1) is 11.3 Å². The molecule has 28 heavy (non-hydrogen) atoms. The molecule has 0 unspecified atom stereocenters. The van der Waals surface area contributed by atoms with Crippen LogP contribution in [0.2, 0.25) is 0 Å². The molecule has 0 bridgehead atoms. The molecule has 0 aliphatic carbocycles. The van der Waals surface area contributed by atoms with Gasteiger partial charge in [-0.05, 0) is 30.2 Å². The van der Waals surface area contributed by atoms with Crippen LogP contribution < -0.4 is 10.9 Å². The highest BCUT2D eigenvalue weighted by Crippen LogP contribution is 2.32. The number of aromatic nitrogens is 2. The van der Waals surface area contributed by atoms with E-state index in [4.69, 9.17) is 0 Å². The SMILES string of the molecule is CNC(=O)c1c(C)ccc2nc(Cc3cccc(C(F)(F)F)c3F)cc(=O)n12. The number of hydrogen-bond donors (Lipinski definition) is 1. The maximum absolute atomic E-state index is 14.3. The number of carbonyl (C=O) groups excluding carboxylic acids is 1. The Kier molecular flexibility index (Phi) is 4.93. The van der Waals surface area contributed by atoms with Gasteiger partial charge in [0.25, 0.3) is 11.5 Å². The molecule has 0 spiro atoms. The third-order valence-corrected chi connectivity index (χ3v) is 4.28. The van der Waals surface area contributed by atoms with Crippen molar-refractivity contribution in [1.82, 2.24) is 14.7 Å². The van der Waals surface area contributed by atoms with Crippen molar-refractivity contribution < 1.29 is 22.4 Å². The number of carbonyl (C=O) groups is 1. The van der Waals surface area contributed by atoms with Gasteiger partial charge < -0.3 is 5.32 Å². The topological polar surface area (TPSA) is 63.5 Å². The van der Waals surface area contributed by atoms with E-state index in [0.29, 0.717) is 11.6 Å². The minimum Gasteiger partial charge on any atom is -0.354 e. The lowest BCUT2D eigenvalue weighted by Gasteiger charge is -2.13. The van der Waals surface area contributed by atoms with Crippen molar-refractivity contribution in [1.29, 1.82) is 0 Å². The molecule has 2 heterocycles. The Hall–Kier alpha value is -3.23. The Bertz CT molecular complexity index is 1140. The third-order valence-electron chi connectivity index (χ3n) is 4.28. The van der Waals surface area contributed by atoms with Gasteiger partial charge in [-0.1, -0.05) is 18.2 Å². The summed E-state index contributed by atoms with van der Waals surface area (Å²) in [6, 6.07) is 7.15. The molecule has 9 heteroatoms. The number of hydrogen-bond acceptors (Lipinski definition) is 3. The van der Waals surface area contributed by atoms with Crippen LogP contribution in [0.15, 0.2) is 41.2 Å². The van der Waals surface area contributed by atoms with Gasteiger partial charge in [-0.2, -0.15) is 13.2 Å². The van der Waals surface area contributed by atoms with Crippen LogP contribution in [0.3, 0.4) is 0 Å². The van der Waals surface area contributed by atoms with E-state index >= 15 is 0 Å². The minimum absolute atomic E-state index is 0.0925. The second-order valence-corrected chi connectivity index (χ2v) is 6.18. The minimum atomic E-state index is -4.82. The predicted molar refractivity (Wildman–Crippen MR) is 93.8 cm³/mol. The lowest BCUT2D eigenvalue weighted by molar-refractivity contribution is -0.140. The molecule has 0 saturated heterocycles. The average Bonchev–Trinajstić information content (AvgIpc) is 2.62. The van der Waals surface area contributed by atoms with Gasteiger partial charge in [0.15, 0.2) is 0 Å². The van der Waals surface area contributed by atoms with Gasteiger partial charge in [0.1, 0.15) is 17.2 Å². The van der Waals surface area contributed by atoms with E-state index in [9.17, 15) is 27.2 Å². The molecule has 0 radical (unpaired) electrons. The molecule has 1 aromatic carbocycles. The zero-order valence-electron chi connectivity index (χ0n) is 14.9. The fourth-order valence-electron chi connectivity index (χ4n) is 2.96. The van der Waals surface area contributed by atoms with Gasteiger partial charge in [-0.25, -0.2) is 9.37 Å². The lowest BCUT2D eigenvalue weighted by atomic mass is 10.0. The number of alkyl halides is 3. The van der Waals surface area contributed by atoms with Crippen molar-refractivity contribution in [2.45, 2.75) is 19.5 Å². The fraction of sp³-hybridized carbons (Fsp3) is 0.211. The molecule has 1 amide bonds. The summed E-state index contributed by atoms with van der Waals surface area (Å²) in [5.41, 5.74) is -1.31. The van der Waals surface area contributed by atoms with Gasteiger partial charge in [0.2, 0.25) is 0 Å². The Balaban J connectivity index is 2.12. The number of rotatable bonds is 3. The van der Waals surface area contributed by atoms with Crippen LogP contribution >= 0.6 is 0 Å². The maximum Gasteiger partial charge on any atom is 0.419 e. The number of fused-ring (bicyclic) bond motifs is 1. The van der Waals surface area contributed by atoms with Crippen LogP contribution in [-0.2, 0) is 12.6 Å². The maximum atomic E-state index is 14.3. The van der Waals surface area contributed by atoms with Crippen LogP contribution in [0.5, 0.6) is 0 Å². The summed E-state index contributed by atoms with van der Waals surface area (Å²) in [6.45, 7) is 1.66. The first kappa shape index (κ1) is 19.5. The van der Waals surface area contributed by atoms with Crippen molar-refractivity contribution in [2.24, 2.45) is 0 Å². The molecule has 0 saturated carbocycles. The lowest BCUT2D eigenvalue weighted by Crippen LogP contribution is -2.28. The second kappa shape index (κ2) is 7.06. The first-order chi connectivity index (χ1) is 13.1. The highest BCUT2D eigenvalue weighted by atomic mass is 19.4. The molecule has 5 nitrogen and oxygen atoms in total. The Labute approximate surface area is 156 Å². The smallest absolute Gasteiger partial charge is 0.354 e. The van der Waals surface area contributed by atoms with Gasteiger partial charge in [-0.3, -0.25) is 14.0 Å². The summed E-state index contributed by atoms with van der Waals surface area (Å²) in [4.78, 5) is 28.9. The van der Waals surface area contributed by atoms with Crippen molar-refractivity contribution in [3.63, 3.8) is 0 Å². The largest absolute Gasteiger partial charge is 0.419 e. The first-order valence-corrected chi connectivity index (χ1v) is 8.22. The van der Waals surface area contributed by atoms with E-state index < -0.39 is 29.0 Å². The van der Waals surface area contributed by atoms with Crippen LogP contribution in [0.4, 0.5) is 17.6 Å². The molecule has 0 atom stereocenters. The van der Waals surface area contributed by atoms with Crippen LogP contribution in [0.1, 0.15) is 32.9 Å². The normalized spacial score (nSPS) is 11.6. The number of nitrogens with zero attached hydrogens (tertiary/aromatic N) is 2. The Morgan fingerprint density at radius 3 is 2.57 bits per heavy atom. The predicted octanol–water partition coefficient (Wildman–Crippen LogP) is 3.11. The van der Waals surface area contributed by atoms with E-state index in [1.165, 1.54) is 19.2 Å². The third kappa shape index (κ3) is 3.47. The van der Waals surface area contributed by atoms with Crippen LogP contribution in [0.25, 0.3) is 5.65 Å². The molecular formula is C19H15F4N3O2. The standard InChI is InChI=1S/C19H15F4N3O2/c1-10-6-7-14-25-12(9-15(27)26(14)17(10)18(28)24-2)8-11-4-3-5-13(16(11)20)19(21,22)23/h3-7,9H,8H2,1-2H3,(H,24,28). The number of amides is 1. The summed E-state index contributed by atoms with van der Waals surface area (Å²) in [6.07, 6.45) is -5.12. The summed E-state index contributed by atoms with van der Waals surface area (Å²) < 4.78 is 54.0. The number of benzene rings is 1. The van der Waals surface area contributed by atoms with Crippen LogP contribution in [0, 0.1) is 12.7 Å². The summed E-state index contributed by atoms with van der Waals surface area (Å²) in [5, 5.41) is 2.44. The molecule has 2 aromatic heterocycles. The summed E-state index contributed by atoms with van der Waals surface area (Å²) in [7, 11) is 1.42. The number of pyridine rings is 1. The number of halogens is 4. The molecule has 0 aliphatic heterocycles. The van der Waals surface area contributed by atoms with Crippen molar-refractivity contribution in [2.75, 3.05) is 7.05 Å². The molecular weight excluding hydrogens is 378 g/mol. The number of nitrogens with one attached hydrogen (secondary N) is 1. The van der Waals surface area contributed by atoms with Crippen molar-refractivity contribution in [3.05, 3.63) is 80.6 Å². The van der Waals surface area contributed by atoms with E-state index in [1.54, 1.807) is 13.0 Å². The van der Waals surface area contributed by atoms with E-state index in [0.717, 1.165) is 16.5 Å². The van der Waals surface area contributed by atoms with Gasteiger partial charge in [-0.15, -0.1) is 0 Å². The highest BCUT2D eigenvalue weighted by Gasteiger charge is 2.34. The monoisotopic (exact) mass is 393 g/mol. The summed E-state index contributed by atoms with van der Waals surface area (Å²) in [5.74, 6) is -1.88. The zero-order chi connectivity index (χ0) is 20.6. The highest BCUT2D eigenvalue weighted by molar-refractivity contribution is 5.94. The zero-order valence-corrected chi connectivity index (χ0v) is 14.9. The quantitative estimate of drug-likeness (QED) is 0.696. The van der Waals surface area contributed by atoms with Crippen molar-refractivity contribution in [3.8, 4) is 0 Å². The van der Waals surface area contributed by atoms with Gasteiger partial charge >= 0.3 is 6.18 Å².